The number of hydrogen-bond acceptors (Lipinski definition) is 2. The summed E-state index contributed by atoms with van der Waals surface area (Å²) in [5.74, 6) is 0.0129. The van der Waals surface area contributed by atoms with Crippen LogP contribution >= 0.6 is 0 Å². The van der Waals surface area contributed by atoms with Crippen molar-refractivity contribution >= 4 is 5.91 Å². The van der Waals surface area contributed by atoms with Gasteiger partial charge in [0.25, 0.3) is 0 Å². The van der Waals surface area contributed by atoms with Crippen LogP contribution in [0.3, 0.4) is 0 Å². The molecule has 0 atom stereocenters. The molecule has 0 aliphatic rings. The summed E-state index contributed by atoms with van der Waals surface area (Å²) in [6.07, 6.45) is 1.22. The fraction of sp³-hybridized carbons (Fsp3) is 0.462. The van der Waals surface area contributed by atoms with E-state index in [0.717, 1.165) is 12.0 Å². The number of rotatable bonds is 5. The highest BCUT2D eigenvalue weighted by Crippen LogP contribution is 1.94. The molecule has 0 aromatic heterocycles. The third kappa shape index (κ3) is 6.86. The van der Waals surface area contributed by atoms with E-state index >= 15 is 0 Å². The third-order valence-corrected chi connectivity index (χ3v) is 1.83. The van der Waals surface area contributed by atoms with Gasteiger partial charge in [-0.1, -0.05) is 26.0 Å². The van der Waals surface area contributed by atoms with Crippen LogP contribution in [-0.2, 0) is 11.2 Å². The van der Waals surface area contributed by atoms with Gasteiger partial charge in [0.1, 0.15) is 0 Å². The monoisotopic (exact) mass is 220 g/mol. The number of nitrogens with two attached hydrogens (primary N) is 1. The van der Waals surface area contributed by atoms with Gasteiger partial charge < -0.3 is 11.1 Å². The van der Waals surface area contributed by atoms with Crippen LogP contribution in [-0.4, -0.2) is 19.0 Å². The summed E-state index contributed by atoms with van der Waals surface area (Å²) in [7, 11) is 0. The van der Waals surface area contributed by atoms with E-state index < -0.39 is 0 Å². The molecule has 1 rings (SSSR count). The van der Waals surface area contributed by atoms with Gasteiger partial charge in [0.2, 0.25) is 5.91 Å². The summed E-state index contributed by atoms with van der Waals surface area (Å²) in [5.41, 5.74) is 6.39. The molecule has 0 radical (unpaired) electrons. The molecule has 0 spiro atoms. The highest BCUT2D eigenvalue weighted by molar-refractivity contribution is 5.75. The van der Waals surface area contributed by atoms with Gasteiger partial charge in [-0.25, -0.2) is 0 Å². The first-order chi connectivity index (χ1) is 7.83. The van der Waals surface area contributed by atoms with Crippen LogP contribution in [0.25, 0.3) is 0 Å². The number of nitrogens with one attached hydrogen (secondary N) is 1. The molecule has 0 fully saturated rings. The second-order valence-electron chi connectivity index (χ2n) is 2.98. The van der Waals surface area contributed by atoms with E-state index in [4.69, 9.17) is 5.73 Å². The predicted octanol–water partition coefficient (Wildman–Crippen LogP) is 1.32. The van der Waals surface area contributed by atoms with Gasteiger partial charge in [-0.3, -0.25) is 4.79 Å². The lowest BCUT2D eigenvalue weighted by molar-refractivity contribution is -0.120. The van der Waals surface area contributed by atoms with Crippen LogP contribution in [0.1, 0.15) is 25.8 Å². The summed E-state index contributed by atoms with van der Waals surface area (Å²) in [6, 6.07) is 11.3. The summed E-state index contributed by atoms with van der Waals surface area (Å²) in [6.45, 7) is 5.05. The lowest BCUT2D eigenvalue weighted by Gasteiger charge is -2.03. The van der Waals surface area contributed by atoms with E-state index in [1.807, 2.05) is 32.0 Å². The fourth-order valence-electron chi connectivity index (χ4n) is 1.10. The molecule has 3 nitrogen and oxygen atoms in total. The molecule has 0 saturated heterocycles. The van der Waals surface area contributed by atoms with Gasteiger partial charge in [0.05, 0.1) is 0 Å². The molecule has 0 aliphatic carbocycles. The third-order valence-electron chi connectivity index (χ3n) is 1.83. The Morgan fingerprint density at radius 3 is 2.75 bits per heavy atom. The number of carbonyl (C=O) groups is 1. The standard InChI is InChI=1S/C11H14N2O.C2H6/c12-8-6-11(14)13-9-7-10-4-2-1-3-5-10;1-2/h2,4-5H,6-9,12H2,(H,13,14);1-2H3. The zero-order valence-electron chi connectivity index (χ0n) is 10.0. The molecule has 88 valence electrons. The van der Waals surface area contributed by atoms with E-state index in [2.05, 4.69) is 17.4 Å². The van der Waals surface area contributed by atoms with Gasteiger partial charge in [-0.05, 0) is 30.2 Å². The van der Waals surface area contributed by atoms with Crippen molar-refractivity contribution in [3.8, 4) is 0 Å². The van der Waals surface area contributed by atoms with Crippen molar-refractivity contribution < 1.29 is 4.79 Å². The second kappa shape index (κ2) is 10.0. The minimum Gasteiger partial charge on any atom is -0.356 e. The zero-order chi connectivity index (χ0) is 12.2. The molecule has 0 bridgehead atoms. The Bertz CT molecular complexity index is 273. The summed E-state index contributed by atoms with van der Waals surface area (Å²) >= 11 is 0. The van der Waals surface area contributed by atoms with Gasteiger partial charge in [-0.15, -0.1) is 0 Å². The largest absolute Gasteiger partial charge is 0.356 e. The van der Waals surface area contributed by atoms with Gasteiger partial charge >= 0.3 is 0 Å². The molecule has 3 heteroatoms. The van der Waals surface area contributed by atoms with Gasteiger partial charge in [0, 0.05) is 19.5 Å². The van der Waals surface area contributed by atoms with Crippen molar-refractivity contribution in [2.24, 2.45) is 5.73 Å². The minimum absolute atomic E-state index is 0.0129. The van der Waals surface area contributed by atoms with Gasteiger partial charge in [0.15, 0.2) is 0 Å². The van der Waals surface area contributed by atoms with Crippen molar-refractivity contribution in [1.82, 2.24) is 5.32 Å². The maximum Gasteiger partial charge on any atom is 0.221 e. The Labute approximate surface area is 98.0 Å². The highest BCUT2D eigenvalue weighted by Gasteiger charge is 1.97. The van der Waals surface area contributed by atoms with Crippen molar-refractivity contribution in [3.63, 3.8) is 0 Å². The molecule has 1 aromatic rings. The smallest absolute Gasteiger partial charge is 0.221 e. The molecule has 16 heavy (non-hydrogen) atoms. The summed E-state index contributed by atoms with van der Waals surface area (Å²) in [5, 5.41) is 2.79. The minimum atomic E-state index is 0.0129. The fourth-order valence-corrected chi connectivity index (χ4v) is 1.10. The maximum atomic E-state index is 11.0. The Hall–Kier alpha value is -1.53. The van der Waals surface area contributed by atoms with Crippen LogP contribution in [0.2, 0.25) is 0 Å². The normalized spacial score (nSPS) is 8.44. The van der Waals surface area contributed by atoms with E-state index in [0.29, 0.717) is 19.5 Å². The SMILES string of the molecule is CC.NCCC(=O)NCCc1cc#ccc1. The quantitative estimate of drug-likeness (QED) is 0.786. The summed E-state index contributed by atoms with van der Waals surface area (Å²) in [4.78, 5) is 11.0. The van der Waals surface area contributed by atoms with E-state index in [1.54, 1.807) is 0 Å². The molecule has 1 amide bonds. The first-order valence-electron chi connectivity index (χ1n) is 5.66. The molecule has 1 aromatic carbocycles. The van der Waals surface area contributed by atoms with Gasteiger partial charge in [-0.2, -0.15) is 0 Å². The molecular weight excluding hydrogens is 200 g/mol. The first-order valence-corrected chi connectivity index (χ1v) is 5.66. The number of carbonyl (C=O) groups excluding carboxylic acids is 1. The summed E-state index contributed by atoms with van der Waals surface area (Å²) < 4.78 is 0. The number of amides is 1. The van der Waals surface area contributed by atoms with E-state index in [-0.39, 0.29) is 5.91 Å². The van der Waals surface area contributed by atoms with Crippen LogP contribution < -0.4 is 11.1 Å². The lowest BCUT2D eigenvalue weighted by Crippen LogP contribution is -2.27. The Morgan fingerprint density at radius 2 is 2.19 bits per heavy atom. The first kappa shape index (κ1) is 14.5. The van der Waals surface area contributed by atoms with Crippen molar-refractivity contribution in [2.75, 3.05) is 13.1 Å². The van der Waals surface area contributed by atoms with E-state index in [9.17, 15) is 4.79 Å². The van der Waals surface area contributed by atoms with Crippen molar-refractivity contribution in [1.29, 1.82) is 0 Å². The second-order valence-corrected chi connectivity index (χ2v) is 2.98. The average Bonchev–Trinajstić information content (AvgIpc) is 2.33. The maximum absolute atomic E-state index is 11.0. The van der Waals surface area contributed by atoms with E-state index in [1.165, 1.54) is 0 Å². The van der Waals surface area contributed by atoms with Crippen LogP contribution in [0, 0.1) is 12.1 Å². The predicted molar refractivity (Wildman–Crippen MR) is 65.8 cm³/mol. The van der Waals surface area contributed by atoms with Crippen LogP contribution in [0.15, 0.2) is 18.2 Å². The molecule has 0 saturated carbocycles. The van der Waals surface area contributed by atoms with Crippen LogP contribution in [0.5, 0.6) is 0 Å². The molecule has 0 unspecified atom stereocenters. The molecule has 0 aliphatic heterocycles. The Morgan fingerprint density at radius 1 is 1.44 bits per heavy atom. The zero-order valence-corrected chi connectivity index (χ0v) is 10.0. The molecular formula is C13H20N2O. The topological polar surface area (TPSA) is 55.1 Å². The Balaban J connectivity index is 0.00000106. The number of hydrogen-bond donors (Lipinski definition) is 2. The average molecular weight is 220 g/mol. The van der Waals surface area contributed by atoms with Crippen molar-refractivity contribution in [3.05, 3.63) is 35.9 Å². The molecule has 0 heterocycles. The molecule has 3 N–H and O–H groups in total. The Kier molecular flexibility index (Phi) is 9.05. The van der Waals surface area contributed by atoms with Crippen molar-refractivity contribution in [2.45, 2.75) is 26.7 Å². The highest BCUT2D eigenvalue weighted by atomic mass is 16.1. The van der Waals surface area contributed by atoms with Crippen LogP contribution in [0.4, 0.5) is 0 Å². The lowest BCUT2D eigenvalue weighted by atomic mass is 10.2.